The fourth-order valence-corrected chi connectivity index (χ4v) is 4.10. The Morgan fingerprint density at radius 3 is 3.15 bits per heavy atom. The molecular weight excluding hydrogens is 279 g/mol. The Labute approximate surface area is 122 Å². The number of likely N-dealkylation sites (tertiary alicyclic amines) is 1. The van der Waals surface area contributed by atoms with Gasteiger partial charge < -0.3 is 9.84 Å². The van der Waals surface area contributed by atoms with Crippen LogP contribution in [0.1, 0.15) is 24.6 Å². The van der Waals surface area contributed by atoms with Gasteiger partial charge in [0.2, 0.25) is 5.89 Å². The Balaban J connectivity index is 1.53. The summed E-state index contributed by atoms with van der Waals surface area (Å²) in [6.07, 6.45) is 1.08. The largest absolute Gasteiger partial charge is 0.340 e. The van der Waals surface area contributed by atoms with E-state index >= 15 is 0 Å². The molecule has 1 unspecified atom stereocenters. The molecule has 1 aromatic rings. The van der Waals surface area contributed by atoms with E-state index in [2.05, 4.69) is 20.4 Å². The number of nitrogens with zero attached hydrogens (tertiary/aromatic N) is 3. The van der Waals surface area contributed by atoms with Crippen LogP contribution in [0.3, 0.4) is 0 Å². The molecule has 2 aliphatic rings. The van der Waals surface area contributed by atoms with Gasteiger partial charge in [-0.25, -0.2) is 4.39 Å². The number of rotatable bonds is 5. The Hall–Kier alpha value is -0.660. The van der Waals surface area contributed by atoms with Gasteiger partial charge in [0.1, 0.15) is 6.17 Å². The average Bonchev–Trinajstić information content (AvgIpc) is 3.10. The Morgan fingerprint density at radius 1 is 1.55 bits per heavy atom. The predicted molar refractivity (Wildman–Crippen MR) is 76.5 cm³/mol. The van der Waals surface area contributed by atoms with Crippen molar-refractivity contribution in [1.82, 2.24) is 20.4 Å². The van der Waals surface area contributed by atoms with E-state index in [-0.39, 0.29) is 6.04 Å². The van der Waals surface area contributed by atoms with Crippen molar-refractivity contribution in [2.24, 2.45) is 0 Å². The minimum Gasteiger partial charge on any atom is -0.340 e. The molecule has 2 aliphatic heterocycles. The first-order chi connectivity index (χ1) is 9.70. The molecule has 0 aliphatic carbocycles. The highest BCUT2D eigenvalue weighted by Gasteiger charge is 2.33. The number of aromatic nitrogens is 2. The maximum Gasteiger partial charge on any atom is 0.223 e. The molecule has 2 saturated heterocycles. The normalized spacial score (nSPS) is 31.2. The summed E-state index contributed by atoms with van der Waals surface area (Å²) < 4.78 is 18.7. The second-order valence-electron chi connectivity index (χ2n) is 5.61. The minimum atomic E-state index is -0.743. The molecule has 112 valence electrons. The van der Waals surface area contributed by atoms with Gasteiger partial charge in [0.05, 0.1) is 6.54 Å². The van der Waals surface area contributed by atoms with E-state index in [4.69, 9.17) is 4.52 Å². The van der Waals surface area contributed by atoms with Crippen LogP contribution in [0.2, 0.25) is 0 Å². The standard InChI is InChI=1S/C13H21FN4OS/c1-9-16-13(17-19-9)7-18-6-10(14)4-12(18)5-15-11-2-3-20-8-11/h10-12,15H,2-8H2,1H3/t10-,11?,12-/m0/s1. The first-order valence-corrected chi connectivity index (χ1v) is 8.34. The molecule has 7 heteroatoms. The van der Waals surface area contributed by atoms with Gasteiger partial charge in [-0.1, -0.05) is 5.16 Å². The molecule has 2 fully saturated rings. The Kier molecular flexibility index (Phi) is 4.58. The molecule has 1 aromatic heterocycles. The molecule has 20 heavy (non-hydrogen) atoms. The molecule has 0 spiro atoms. The number of alkyl halides is 1. The molecule has 1 N–H and O–H groups in total. The molecule has 3 atom stereocenters. The van der Waals surface area contributed by atoms with Gasteiger partial charge in [-0.05, 0) is 18.6 Å². The topological polar surface area (TPSA) is 54.2 Å². The van der Waals surface area contributed by atoms with E-state index in [9.17, 15) is 4.39 Å². The Bertz CT molecular complexity index is 438. The lowest BCUT2D eigenvalue weighted by Crippen LogP contribution is -2.41. The van der Waals surface area contributed by atoms with E-state index in [1.54, 1.807) is 6.92 Å². The first-order valence-electron chi connectivity index (χ1n) is 7.19. The molecule has 5 nitrogen and oxygen atoms in total. The quantitative estimate of drug-likeness (QED) is 0.887. The van der Waals surface area contributed by atoms with Gasteiger partial charge in [0.15, 0.2) is 5.82 Å². The fourth-order valence-electron chi connectivity index (χ4n) is 2.91. The van der Waals surface area contributed by atoms with Crippen LogP contribution in [0, 0.1) is 6.92 Å². The van der Waals surface area contributed by atoms with Crippen molar-refractivity contribution < 1.29 is 8.91 Å². The summed E-state index contributed by atoms with van der Waals surface area (Å²) in [5.41, 5.74) is 0. The highest BCUT2D eigenvalue weighted by molar-refractivity contribution is 7.99. The minimum absolute atomic E-state index is 0.231. The number of thioether (sulfide) groups is 1. The van der Waals surface area contributed by atoms with Gasteiger partial charge in [0.25, 0.3) is 0 Å². The van der Waals surface area contributed by atoms with E-state index in [0.717, 1.165) is 6.54 Å². The van der Waals surface area contributed by atoms with E-state index in [1.165, 1.54) is 17.9 Å². The summed E-state index contributed by atoms with van der Waals surface area (Å²) in [6.45, 7) is 3.67. The monoisotopic (exact) mass is 300 g/mol. The zero-order chi connectivity index (χ0) is 13.9. The van der Waals surface area contributed by atoms with Crippen LogP contribution >= 0.6 is 11.8 Å². The SMILES string of the molecule is Cc1nc(CN2C[C@@H](F)C[C@H]2CNC2CCSC2)no1. The van der Waals surface area contributed by atoms with Crippen LogP contribution in [0.25, 0.3) is 0 Å². The molecule has 0 amide bonds. The predicted octanol–water partition coefficient (Wildman–Crippen LogP) is 1.39. The molecule has 3 rings (SSSR count). The summed E-state index contributed by atoms with van der Waals surface area (Å²) in [5.74, 6) is 3.63. The fraction of sp³-hybridized carbons (Fsp3) is 0.846. The summed E-state index contributed by atoms with van der Waals surface area (Å²) in [7, 11) is 0. The molecule has 3 heterocycles. The highest BCUT2D eigenvalue weighted by atomic mass is 32.2. The highest BCUT2D eigenvalue weighted by Crippen LogP contribution is 2.23. The number of aryl methyl sites for hydroxylation is 1. The summed E-state index contributed by atoms with van der Waals surface area (Å²) >= 11 is 1.99. The zero-order valence-corrected chi connectivity index (χ0v) is 12.5. The lowest BCUT2D eigenvalue weighted by atomic mass is 10.2. The van der Waals surface area contributed by atoms with Crippen LogP contribution in [0.4, 0.5) is 4.39 Å². The third kappa shape index (κ3) is 3.51. The number of halogens is 1. The molecule has 0 aromatic carbocycles. The van der Waals surface area contributed by atoms with Gasteiger partial charge in [-0.2, -0.15) is 16.7 Å². The van der Waals surface area contributed by atoms with Crippen molar-refractivity contribution in [2.75, 3.05) is 24.6 Å². The third-order valence-corrected chi connectivity index (χ3v) is 5.13. The maximum absolute atomic E-state index is 13.7. The third-order valence-electron chi connectivity index (χ3n) is 3.96. The van der Waals surface area contributed by atoms with Crippen molar-refractivity contribution in [2.45, 2.75) is 44.6 Å². The molecule has 0 radical (unpaired) electrons. The smallest absolute Gasteiger partial charge is 0.223 e. The molecule has 0 saturated carbocycles. The van der Waals surface area contributed by atoms with Crippen LogP contribution in [-0.4, -0.2) is 57.9 Å². The van der Waals surface area contributed by atoms with E-state index < -0.39 is 6.17 Å². The lowest BCUT2D eigenvalue weighted by molar-refractivity contribution is 0.219. The van der Waals surface area contributed by atoms with Crippen LogP contribution < -0.4 is 5.32 Å². The van der Waals surface area contributed by atoms with E-state index in [0.29, 0.717) is 37.3 Å². The van der Waals surface area contributed by atoms with Gasteiger partial charge in [0, 0.05) is 37.8 Å². The summed E-state index contributed by atoms with van der Waals surface area (Å²) in [4.78, 5) is 6.33. The first kappa shape index (κ1) is 14.3. The van der Waals surface area contributed by atoms with Crippen LogP contribution in [-0.2, 0) is 6.54 Å². The van der Waals surface area contributed by atoms with Crippen molar-refractivity contribution in [3.8, 4) is 0 Å². The van der Waals surface area contributed by atoms with Gasteiger partial charge in [-0.15, -0.1) is 0 Å². The molecule has 0 bridgehead atoms. The van der Waals surface area contributed by atoms with Crippen LogP contribution in [0.5, 0.6) is 0 Å². The maximum atomic E-state index is 13.7. The van der Waals surface area contributed by atoms with Gasteiger partial charge in [-0.3, -0.25) is 4.90 Å². The molecular formula is C13H21FN4OS. The number of hydrogen-bond donors (Lipinski definition) is 1. The average molecular weight is 300 g/mol. The summed E-state index contributed by atoms with van der Waals surface area (Å²) in [5, 5.41) is 7.47. The number of hydrogen-bond acceptors (Lipinski definition) is 6. The lowest BCUT2D eigenvalue weighted by Gasteiger charge is -2.24. The number of nitrogens with one attached hydrogen (secondary N) is 1. The Morgan fingerprint density at radius 2 is 2.45 bits per heavy atom. The van der Waals surface area contributed by atoms with Crippen molar-refractivity contribution in [1.29, 1.82) is 0 Å². The van der Waals surface area contributed by atoms with E-state index in [1.807, 2.05) is 11.8 Å². The second kappa shape index (κ2) is 6.41. The van der Waals surface area contributed by atoms with Crippen molar-refractivity contribution >= 4 is 11.8 Å². The van der Waals surface area contributed by atoms with Crippen molar-refractivity contribution in [3.05, 3.63) is 11.7 Å². The zero-order valence-electron chi connectivity index (χ0n) is 11.7. The second-order valence-corrected chi connectivity index (χ2v) is 6.76. The van der Waals surface area contributed by atoms with Gasteiger partial charge >= 0.3 is 0 Å². The van der Waals surface area contributed by atoms with Crippen molar-refractivity contribution in [3.63, 3.8) is 0 Å². The summed E-state index contributed by atoms with van der Waals surface area (Å²) in [6, 6.07) is 0.822. The van der Waals surface area contributed by atoms with Crippen LogP contribution in [0.15, 0.2) is 4.52 Å².